The molecule has 2 fully saturated rings. The molecular formula is C13H26N2O. The van der Waals surface area contributed by atoms with Gasteiger partial charge in [-0.15, -0.1) is 0 Å². The second kappa shape index (κ2) is 4.63. The van der Waals surface area contributed by atoms with Gasteiger partial charge < -0.3 is 15.8 Å². The summed E-state index contributed by atoms with van der Waals surface area (Å²) in [5.74, 6) is 0. The van der Waals surface area contributed by atoms with Crippen molar-refractivity contribution in [2.75, 3.05) is 19.8 Å². The molecule has 0 aromatic heterocycles. The van der Waals surface area contributed by atoms with Gasteiger partial charge in [0.25, 0.3) is 0 Å². The summed E-state index contributed by atoms with van der Waals surface area (Å²) >= 11 is 0. The van der Waals surface area contributed by atoms with E-state index in [-0.39, 0.29) is 11.5 Å². The average Bonchev–Trinajstić information content (AvgIpc) is 2.59. The van der Waals surface area contributed by atoms with E-state index in [1.165, 1.54) is 32.1 Å². The molecule has 16 heavy (non-hydrogen) atoms. The lowest BCUT2D eigenvalue weighted by atomic mass is 9.80. The maximum atomic E-state index is 6.11. The normalized spacial score (nSPS) is 38.8. The Morgan fingerprint density at radius 2 is 1.94 bits per heavy atom. The lowest BCUT2D eigenvalue weighted by Gasteiger charge is -2.38. The first-order valence-corrected chi connectivity index (χ1v) is 6.63. The molecule has 1 saturated heterocycles. The lowest BCUT2D eigenvalue weighted by Crippen LogP contribution is -2.52. The van der Waals surface area contributed by atoms with Crippen LogP contribution in [0.4, 0.5) is 0 Å². The summed E-state index contributed by atoms with van der Waals surface area (Å²) in [5.41, 5.74) is 6.57. The number of rotatable bonds is 3. The summed E-state index contributed by atoms with van der Waals surface area (Å²) in [6.45, 7) is 7.11. The summed E-state index contributed by atoms with van der Waals surface area (Å²) in [6.07, 6.45) is 6.74. The van der Waals surface area contributed by atoms with Gasteiger partial charge >= 0.3 is 0 Å². The number of hydrogen-bond acceptors (Lipinski definition) is 3. The lowest BCUT2D eigenvalue weighted by molar-refractivity contribution is 0.144. The van der Waals surface area contributed by atoms with Crippen LogP contribution in [0.1, 0.15) is 46.0 Å². The van der Waals surface area contributed by atoms with E-state index in [2.05, 4.69) is 19.2 Å². The van der Waals surface area contributed by atoms with Crippen LogP contribution in [-0.2, 0) is 4.74 Å². The monoisotopic (exact) mass is 226 g/mol. The first kappa shape index (κ1) is 12.3. The van der Waals surface area contributed by atoms with Gasteiger partial charge in [-0.2, -0.15) is 0 Å². The fraction of sp³-hybridized carbons (Fsp3) is 1.00. The highest BCUT2D eigenvalue weighted by molar-refractivity contribution is 4.95. The molecule has 1 saturated carbocycles. The standard InChI is InChI=1S/C13H26N2O/c1-12(10-16-8-11(12)14)9-15-13(2)6-4-3-5-7-13/h11,15H,3-10,14H2,1-2H3. The van der Waals surface area contributed by atoms with Crippen LogP contribution in [0, 0.1) is 5.41 Å². The number of nitrogens with two attached hydrogens (primary N) is 1. The Hall–Kier alpha value is -0.120. The quantitative estimate of drug-likeness (QED) is 0.769. The topological polar surface area (TPSA) is 47.3 Å². The largest absolute Gasteiger partial charge is 0.379 e. The third kappa shape index (κ3) is 2.58. The Bertz CT molecular complexity index is 238. The van der Waals surface area contributed by atoms with Crippen LogP contribution < -0.4 is 11.1 Å². The molecule has 0 aromatic rings. The van der Waals surface area contributed by atoms with E-state index in [9.17, 15) is 0 Å². The molecule has 0 spiro atoms. The van der Waals surface area contributed by atoms with Crippen molar-refractivity contribution in [3.63, 3.8) is 0 Å². The smallest absolute Gasteiger partial charge is 0.0624 e. The Morgan fingerprint density at radius 1 is 1.25 bits per heavy atom. The van der Waals surface area contributed by atoms with E-state index >= 15 is 0 Å². The maximum absolute atomic E-state index is 6.11. The molecule has 0 aromatic carbocycles. The van der Waals surface area contributed by atoms with Gasteiger partial charge in [-0.25, -0.2) is 0 Å². The van der Waals surface area contributed by atoms with E-state index < -0.39 is 0 Å². The minimum Gasteiger partial charge on any atom is -0.379 e. The molecule has 3 heteroatoms. The van der Waals surface area contributed by atoms with Gasteiger partial charge in [-0.05, 0) is 19.8 Å². The van der Waals surface area contributed by atoms with Gasteiger partial charge in [0.05, 0.1) is 13.2 Å². The van der Waals surface area contributed by atoms with E-state index in [1.54, 1.807) is 0 Å². The fourth-order valence-electron chi connectivity index (χ4n) is 2.83. The zero-order valence-corrected chi connectivity index (χ0v) is 10.7. The second-order valence-electron chi connectivity index (χ2n) is 6.25. The molecule has 1 aliphatic heterocycles. The molecule has 0 amide bonds. The molecule has 2 rings (SSSR count). The van der Waals surface area contributed by atoms with Crippen molar-refractivity contribution in [2.24, 2.45) is 11.1 Å². The molecule has 3 N–H and O–H groups in total. The Morgan fingerprint density at radius 3 is 2.50 bits per heavy atom. The van der Waals surface area contributed by atoms with Crippen LogP contribution in [-0.4, -0.2) is 31.3 Å². The minimum atomic E-state index is 0.125. The van der Waals surface area contributed by atoms with Gasteiger partial charge in [0.15, 0.2) is 0 Å². The van der Waals surface area contributed by atoms with E-state index in [1.807, 2.05) is 0 Å². The van der Waals surface area contributed by atoms with Crippen LogP contribution in [0.5, 0.6) is 0 Å². The van der Waals surface area contributed by atoms with Gasteiger partial charge in [-0.3, -0.25) is 0 Å². The third-order valence-electron chi connectivity index (χ3n) is 4.50. The summed E-state index contributed by atoms with van der Waals surface area (Å²) in [7, 11) is 0. The predicted molar refractivity (Wildman–Crippen MR) is 66.4 cm³/mol. The van der Waals surface area contributed by atoms with Crippen molar-refractivity contribution in [2.45, 2.75) is 57.5 Å². The first-order chi connectivity index (χ1) is 7.54. The molecular weight excluding hydrogens is 200 g/mol. The number of nitrogens with one attached hydrogen (secondary N) is 1. The molecule has 2 aliphatic rings. The zero-order valence-electron chi connectivity index (χ0n) is 10.7. The van der Waals surface area contributed by atoms with Crippen molar-refractivity contribution in [3.05, 3.63) is 0 Å². The highest BCUT2D eigenvalue weighted by atomic mass is 16.5. The van der Waals surface area contributed by atoms with Crippen molar-refractivity contribution in [1.82, 2.24) is 5.32 Å². The SMILES string of the molecule is CC1(NCC2(C)COCC2N)CCCCC1. The molecule has 2 unspecified atom stereocenters. The Kier molecular flexibility index (Phi) is 3.57. The van der Waals surface area contributed by atoms with Crippen molar-refractivity contribution >= 4 is 0 Å². The van der Waals surface area contributed by atoms with Gasteiger partial charge in [0, 0.05) is 23.5 Å². The van der Waals surface area contributed by atoms with Crippen LogP contribution in [0.2, 0.25) is 0 Å². The number of ether oxygens (including phenoxy) is 1. The van der Waals surface area contributed by atoms with Crippen LogP contribution in [0.25, 0.3) is 0 Å². The van der Waals surface area contributed by atoms with Crippen LogP contribution >= 0.6 is 0 Å². The Labute approximate surface area is 99.1 Å². The van der Waals surface area contributed by atoms with E-state index in [0.29, 0.717) is 5.54 Å². The summed E-state index contributed by atoms with van der Waals surface area (Å²) < 4.78 is 5.48. The van der Waals surface area contributed by atoms with Gasteiger partial charge in [0.2, 0.25) is 0 Å². The average molecular weight is 226 g/mol. The Balaban J connectivity index is 1.86. The molecule has 3 nitrogen and oxygen atoms in total. The van der Waals surface area contributed by atoms with Crippen molar-refractivity contribution < 1.29 is 4.74 Å². The van der Waals surface area contributed by atoms with Gasteiger partial charge in [-0.1, -0.05) is 26.2 Å². The molecule has 0 radical (unpaired) electrons. The fourth-order valence-corrected chi connectivity index (χ4v) is 2.83. The molecule has 2 atom stereocenters. The highest BCUT2D eigenvalue weighted by Gasteiger charge is 2.39. The minimum absolute atomic E-state index is 0.125. The highest BCUT2D eigenvalue weighted by Crippen LogP contribution is 2.31. The second-order valence-corrected chi connectivity index (χ2v) is 6.25. The third-order valence-corrected chi connectivity index (χ3v) is 4.50. The van der Waals surface area contributed by atoms with Crippen LogP contribution in [0.3, 0.4) is 0 Å². The molecule has 94 valence electrons. The summed E-state index contributed by atoms with van der Waals surface area (Å²) in [5, 5.41) is 3.75. The van der Waals surface area contributed by atoms with E-state index in [0.717, 1.165) is 19.8 Å². The molecule has 1 aliphatic carbocycles. The predicted octanol–water partition coefficient (Wildman–Crippen LogP) is 1.66. The molecule has 1 heterocycles. The van der Waals surface area contributed by atoms with Crippen molar-refractivity contribution in [1.29, 1.82) is 0 Å². The van der Waals surface area contributed by atoms with E-state index in [4.69, 9.17) is 10.5 Å². The summed E-state index contributed by atoms with van der Waals surface area (Å²) in [6, 6.07) is 0.187. The van der Waals surface area contributed by atoms with Crippen LogP contribution in [0.15, 0.2) is 0 Å². The first-order valence-electron chi connectivity index (χ1n) is 6.63. The summed E-state index contributed by atoms with van der Waals surface area (Å²) in [4.78, 5) is 0. The van der Waals surface area contributed by atoms with Crippen molar-refractivity contribution in [3.8, 4) is 0 Å². The zero-order chi connectivity index (χ0) is 11.6. The molecule has 0 bridgehead atoms. The van der Waals surface area contributed by atoms with Gasteiger partial charge in [0.1, 0.15) is 0 Å². The number of hydrogen-bond donors (Lipinski definition) is 2. The maximum Gasteiger partial charge on any atom is 0.0624 e.